The van der Waals surface area contributed by atoms with Gasteiger partial charge in [-0.25, -0.2) is 0 Å². The average Bonchev–Trinajstić information content (AvgIpc) is 2.15. The number of hydrogen-bond acceptors (Lipinski definition) is 1. The summed E-state index contributed by atoms with van der Waals surface area (Å²) in [5.41, 5.74) is 2.20. The molecule has 1 radical (unpaired) electrons. The second-order valence-electron chi connectivity index (χ2n) is 3.24. The van der Waals surface area contributed by atoms with Crippen LogP contribution in [0.25, 0.3) is 6.08 Å². The van der Waals surface area contributed by atoms with Crippen molar-refractivity contribution < 1.29 is 4.43 Å². The zero-order valence-electron chi connectivity index (χ0n) is 8.51. The first kappa shape index (κ1) is 11.5. The SMILES string of the molecule is C=Cc1ccc(Cl)cc1CO[Si](C)C. The molecular formula is C11H14ClOSi. The molecule has 0 N–H and O–H groups in total. The summed E-state index contributed by atoms with van der Waals surface area (Å²) >= 11 is 5.91. The largest absolute Gasteiger partial charge is 0.413 e. The summed E-state index contributed by atoms with van der Waals surface area (Å²) in [7, 11) is -0.647. The minimum absolute atomic E-state index is 0.628. The van der Waals surface area contributed by atoms with Gasteiger partial charge in [-0.2, -0.15) is 0 Å². The number of hydrogen-bond donors (Lipinski definition) is 0. The van der Waals surface area contributed by atoms with Crippen LogP contribution >= 0.6 is 11.6 Å². The molecule has 0 aliphatic rings. The molecule has 1 rings (SSSR count). The minimum Gasteiger partial charge on any atom is -0.413 e. The average molecular weight is 226 g/mol. The molecule has 0 saturated heterocycles. The van der Waals surface area contributed by atoms with Gasteiger partial charge in [0.25, 0.3) is 0 Å². The number of benzene rings is 1. The van der Waals surface area contributed by atoms with E-state index in [9.17, 15) is 0 Å². The number of rotatable bonds is 4. The molecule has 14 heavy (non-hydrogen) atoms. The first-order valence-corrected chi connectivity index (χ1v) is 7.26. The maximum atomic E-state index is 5.91. The van der Waals surface area contributed by atoms with Crippen LogP contribution in [0.5, 0.6) is 0 Å². The van der Waals surface area contributed by atoms with Gasteiger partial charge in [-0.15, -0.1) is 0 Å². The van der Waals surface area contributed by atoms with Gasteiger partial charge in [-0.05, 0) is 36.4 Å². The Morgan fingerprint density at radius 1 is 1.50 bits per heavy atom. The second kappa shape index (κ2) is 5.34. The van der Waals surface area contributed by atoms with Gasteiger partial charge in [0, 0.05) is 5.02 Å². The molecule has 1 aromatic carbocycles. The van der Waals surface area contributed by atoms with E-state index in [-0.39, 0.29) is 0 Å². The van der Waals surface area contributed by atoms with Gasteiger partial charge in [0.1, 0.15) is 0 Å². The smallest absolute Gasteiger partial charge is 0.205 e. The van der Waals surface area contributed by atoms with Gasteiger partial charge in [-0.1, -0.05) is 30.3 Å². The molecule has 0 aliphatic heterocycles. The first-order valence-electron chi connectivity index (χ1n) is 4.47. The molecule has 0 amide bonds. The highest BCUT2D eigenvalue weighted by molar-refractivity contribution is 6.48. The van der Waals surface area contributed by atoms with Gasteiger partial charge < -0.3 is 4.43 Å². The van der Waals surface area contributed by atoms with Crippen LogP contribution in [0.1, 0.15) is 11.1 Å². The first-order chi connectivity index (χ1) is 6.63. The normalized spacial score (nSPS) is 10.6. The highest BCUT2D eigenvalue weighted by atomic mass is 35.5. The molecule has 0 bridgehead atoms. The minimum atomic E-state index is -0.647. The lowest BCUT2D eigenvalue weighted by atomic mass is 10.1. The quantitative estimate of drug-likeness (QED) is 0.710. The third-order valence-electron chi connectivity index (χ3n) is 1.84. The van der Waals surface area contributed by atoms with Crippen molar-refractivity contribution >= 4 is 26.7 Å². The Labute approximate surface area is 92.1 Å². The van der Waals surface area contributed by atoms with E-state index in [1.807, 2.05) is 24.3 Å². The molecule has 0 fully saturated rings. The van der Waals surface area contributed by atoms with Crippen molar-refractivity contribution in [2.75, 3.05) is 0 Å². The van der Waals surface area contributed by atoms with E-state index >= 15 is 0 Å². The Morgan fingerprint density at radius 3 is 2.79 bits per heavy atom. The van der Waals surface area contributed by atoms with Crippen LogP contribution in [-0.2, 0) is 11.0 Å². The highest BCUT2D eigenvalue weighted by Crippen LogP contribution is 2.18. The van der Waals surface area contributed by atoms with Crippen molar-refractivity contribution in [3.05, 3.63) is 40.9 Å². The summed E-state index contributed by atoms with van der Waals surface area (Å²) in [6.07, 6.45) is 1.83. The molecule has 75 valence electrons. The molecule has 0 heterocycles. The molecule has 1 aromatic rings. The molecule has 0 spiro atoms. The van der Waals surface area contributed by atoms with Crippen LogP contribution in [0.3, 0.4) is 0 Å². The topological polar surface area (TPSA) is 9.23 Å². The zero-order chi connectivity index (χ0) is 10.6. The predicted molar refractivity (Wildman–Crippen MR) is 63.8 cm³/mol. The Balaban J connectivity index is 2.82. The molecular weight excluding hydrogens is 212 g/mol. The maximum Gasteiger partial charge on any atom is 0.205 e. The van der Waals surface area contributed by atoms with Gasteiger partial charge in [0.05, 0.1) is 6.61 Å². The van der Waals surface area contributed by atoms with Gasteiger partial charge in [-0.3, -0.25) is 0 Å². The fraction of sp³-hybridized carbons (Fsp3) is 0.273. The third-order valence-corrected chi connectivity index (χ3v) is 2.80. The molecule has 0 atom stereocenters. The van der Waals surface area contributed by atoms with Crippen molar-refractivity contribution in [1.82, 2.24) is 0 Å². The predicted octanol–water partition coefficient (Wildman–Crippen LogP) is 3.75. The van der Waals surface area contributed by atoms with Crippen LogP contribution in [-0.4, -0.2) is 9.04 Å². The maximum absolute atomic E-state index is 5.91. The second-order valence-corrected chi connectivity index (χ2v) is 5.79. The summed E-state index contributed by atoms with van der Waals surface area (Å²) in [5.74, 6) is 0. The summed E-state index contributed by atoms with van der Waals surface area (Å²) in [5, 5.41) is 0.746. The van der Waals surface area contributed by atoms with Crippen molar-refractivity contribution in [3.63, 3.8) is 0 Å². The van der Waals surface area contributed by atoms with Crippen LogP contribution in [0.2, 0.25) is 18.1 Å². The van der Waals surface area contributed by atoms with Gasteiger partial charge in [0.2, 0.25) is 9.04 Å². The van der Waals surface area contributed by atoms with E-state index < -0.39 is 9.04 Å². The Kier molecular flexibility index (Phi) is 4.39. The fourth-order valence-corrected chi connectivity index (χ4v) is 1.76. The van der Waals surface area contributed by atoms with Crippen LogP contribution in [0, 0.1) is 0 Å². The summed E-state index contributed by atoms with van der Waals surface area (Å²) < 4.78 is 5.62. The summed E-state index contributed by atoms with van der Waals surface area (Å²) in [6.45, 7) is 8.61. The van der Waals surface area contributed by atoms with Crippen molar-refractivity contribution in [3.8, 4) is 0 Å². The zero-order valence-corrected chi connectivity index (χ0v) is 10.3. The third kappa shape index (κ3) is 3.29. The lowest BCUT2D eigenvalue weighted by Gasteiger charge is -2.09. The summed E-state index contributed by atoms with van der Waals surface area (Å²) in [4.78, 5) is 0. The number of halogens is 1. The van der Waals surface area contributed by atoms with Crippen molar-refractivity contribution in [2.24, 2.45) is 0 Å². The van der Waals surface area contributed by atoms with E-state index in [2.05, 4.69) is 19.7 Å². The fourth-order valence-electron chi connectivity index (χ4n) is 1.12. The molecule has 0 aliphatic carbocycles. The lowest BCUT2D eigenvalue weighted by Crippen LogP contribution is -2.07. The molecule has 3 heteroatoms. The van der Waals surface area contributed by atoms with Crippen LogP contribution in [0.15, 0.2) is 24.8 Å². The Bertz CT molecular complexity index is 323. The monoisotopic (exact) mass is 225 g/mol. The van der Waals surface area contributed by atoms with E-state index in [4.69, 9.17) is 16.0 Å². The highest BCUT2D eigenvalue weighted by Gasteiger charge is 2.03. The van der Waals surface area contributed by atoms with E-state index in [1.54, 1.807) is 0 Å². The molecule has 0 unspecified atom stereocenters. The molecule has 1 nitrogen and oxygen atoms in total. The van der Waals surface area contributed by atoms with Gasteiger partial charge >= 0.3 is 0 Å². The standard InChI is InChI=1S/C11H14ClOSi/c1-4-9-5-6-11(12)7-10(9)8-13-14(2)3/h4-7H,1,8H2,2-3H3. The Morgan fingerprint density at radius 2 is 2.21 bits per heavy atom. The van der Waals surface area contributed by atoms with Crippen molar-refractivity contribution in [1.29, 1.82) is 0 Å². The van der Waals surface area contributed by atoms with Crippen molar-refractivity contribution in [2.45, 2.75) is 19.7 Å². The van der Waals surface area contributed by atoms with Crippen LogP contribution < -0.4 is 0 Å². The molecule has 0 aromatic heterocycles. The summed E-state index contributed by atoms with van der Waals surface area (Å²) in [6, 6.07) is 5.76. The molecule has 0 saturated carbocycles. The Hall–Kier alpha value is -0.573. The van der Waals surface area contributed by atoms with E-state index in [1.165, 1.54) is 0 Å². The van der Waals surface area contributed by atoms with E-state index in [0.29, 0.717) is 6.61 Å². The lowest BCUT2D eigenvalue weighted by molar-refractivity contribution is 0.314. The van der Waals surface area contributed by atoms with Crippen LogP contribution in [0.4, 0.5) is 0 Å². The van der Waals surface area contributed by atoms with E-state index in [0.717, 1.165) is 16.1 Å². The van der Waals surface area contributed by atoms with Gasteiger partial charge in [0.15, 0.2) is 0 Å².